The van der Waals surface area contributed by atoms with Crippen LogP contribution in [0.3, 0.4) is 0 Å². The second kappa shape index (κ2) is 5.74. The average molecular weight is 284 g/mol. The van der Waals surface area contributed by atoms with Gasteiger partial charge in [0.05, 0.1) is 16.4 Å². The molecule has 6 heteroatoms. The maximum atomic E-state index is 11.8. The van der Waals surface area contributed by atoms with Crippen molar-refractivity contribution in [1.82, 2.24) is 15.1 Å². The van der Waals surface area contributed by atoms with Crippen molar-refractivity contribution < 1.29 is 9.59 Å². The Morgan fingerprint density at radius 1 is 1.42 bits per heavy atom. The standard InChI is InChI=1S/C13H18ClN3O2/c1-3-9-12(14)10(17(4-2)16-9)7-8-5-6-11(18)15-13(8)19/h8H,3-7H2,1-2H3,(H,15,18,19). The third-order valence-corrected chi connectivity index (χ3v) is 3.92. The first-order chi connectivity index (χ1) is 9.06. The predicted molar refractivity (Wildman–Crippen MR) is 71.9 cm³/mol. The quantitative estimate of drug-likeness (QED) is 0.856. The van der Waals surface area contributed by atoms with Crippen molar-refractivity contribution in [3.8, 4) is 0 Å². The van der Waals surface area contributed by atoms with Gasteiger partial charge in [-0.05, 0) is 19.8 Å². The number of hydrogen-bond acceptors (Lipinski definition) is 3. The molecular formula is C13H18ClN3O2. The molecule has 2 amide bonds. The van der Waals surface area contributed by atoms with E-state index in [4.69, 9.17) is 11.6 Å². The molecule has 2 rings (SSSR count). The fourth-order valence-electron chi connectivity index (χ4n) is 2.38. The van der Waals surface area contributed by atoms with E-state index >= 15 is 0 Å². The highest BCUT2D eigenvalue weighted by molar-refractivity contribution is 6.31. The average Bonchev–Trinajstić information content (AvgIpc) is 2.69. The molecule has 0 aromatic carbocycles. The molecular weight excluding hydrogens is 266 g/mol. The molecule has 0 radical (unpaired) electrons. The molecule has 1 atom stereocenters. The molecule has 0 aliphatic carbocycles. The van der Waals surface area contributed by atoms with Gasteiger partial charge in [-0.3, -0.25) is 19.6 Å². The van der Waals surface area contributed by atoms with Gasteiger partial charge in [-0.1, -0.05) is 18.5 Å². The second-order valence-corrected chi connectivity index (χ2v) is 5.11. The minimum atomic E-state index is -0.200. The predicted octanol–water partition coefficient (Wildman–Crippen LogP) is 1.71. The number of rotatable bonds is 4. The monoisotopic (exact) mass is 283 g/mol. The van der Waals surface area contributed by atoms with Gasteiger partial charge in [-0.15, -0.1) is 0 Å². The molecule has 1 aliphatic heterocycles. The third-order valence-electron chi connectivity index (χ3n) is 3.49. The highest BCUT2D eigenvalue weighted by Crippen LogP contribution is 2.26. The van der Waals surface area contributed by atoms with Gasteiger partial charge in [0.15, 0.2) is 0 Å². The van der Waals surface area contributed by atoms with E-state index in [1.807, 2.05) is 18.5 Å². The number of imide groups is 1. The lowest BCUT2D eigenvalue weighted by Crippen LogP contribution is -2.41. The molecule has 1 N–H and O–H groups in total. The molecule has 1 fully saturated rings. The lowest BCUT2D eigenvalue weighted by molar-refractivity contribution is -0.136. The fourth-order valence-corrected chi connectivity index (χ4v) is 2.72. The molecule has 0 bridgehead atoms. The highest BCUT2D eigenvalue weighted by atomic mass is 35.5. The Balaban J connectivity index is 2.21. The van der Waals surface area contributed by atoms with Crippen LogP contribution < -0.4 is 5.32 Å². The lowest BCUT2D eigenvalue weighted by Gasteiger charge is -2.21. The molecule has 1 saturated heterocycles. The second-order valence-electron chi connectivity index (χ2n) is 4.73. The number of amides is 2. The first-order valence-electron chi connectivity index (χ1n) is 6.64. The van der Waals surface area contributed by atoms with Gasteiger partial charge < -0.3 is 0 Å². The van der Waals surface area contributed by atoms with E-state index in [1.54, 1.807) is 0 Å². The topological polar surface area (TPSA) is 64.0 Å². The first-order valence-corrected chi connectivity index (χ1v) is 7.02. The Labute approximate surface area is 117 Å². The van der Waals surface area contributed by atoms with Gasteiger partial charge in [0.1, 0.15) is 0 Å². The number of aromatic nitrogens is 2. The van der Waals surface area contributed by atoms with Gasteiger partial charge in [-0.2, -0.15) is 5.10 Å². The summed E-state index contributed by atoms with van der Waals surface area (Å²) in [5.41, 5.74) is 1.77. The largest absolute Gasteiger partial charge is 0.296 e. The number of piperidine rings is 1. The molecule has 0 saturated carbocycles. The minimum Gasteiger partial charge on any atom is -0.296 e. The lowest BCUT2D eigenvalue weighted by atomic mass is 9.93. The summed E-state index contributed by atoms with van der Waals surface area (Å²) in [6, 6.07) is 0. The minimum absolute atomic E-state index is 0.189. The van der Waals surface area contributed by atoms with Crippen LogP contribution in [0.1, 0.15) is 38.1 Å². The Hall–Kier alpha value is -1.36. The van der Waals surface area contributed by atoms with E-state index in [0.717, 1.165) is 24.4 Å². The Bertz CT molecular complexity index is 510. The summed E-state index contributed by atoms with van der Waals surface area (Å²) in [5.74, 6) is -0.582. The smallest absolute Gasteiger partial charge is 0.230 e. The van der Waals surface area contributed by atoms with Crippen LogP contribution in [-0.4, -0.2) is 21.6 Å². The number of carbonyl (C=O) groups excluding carboxylic acids is 2. The number of halogens is 1. The highest BCUT2D eigenvalue weighted by Gasteiger charge is 2.29. The molecule has 0 spiro atoms. The Kier molecular flexibility index (Phi) is 4.24. The molecule has 2 heterocycles. The zero-order valence-corrected chi connectivity index (χ0v) is 12.0. The molecule has 1 aromatic rings. The fraction of sp³-hybridized carbons (Fsp3) is 0.615. The molecule has 5 nitrogen and oxygen atoms in total. The van der Waals surface area contributed by atoms with Gasteiger partial charge in [0.25, 0.3) is 0 Å². The van der Waals surface area contributed by atoms with Crippen molar-refractivity contribution in [2.75, 3.05) is 0 Å². The Morgan fingerprint density at radius 2 is 2.16 bits per heavy atom. The number of aryl methyl sites for hydroxylation is 2. The van der Waals surface area contributed by atoms with E-state index in [1.165, 1.54) is 0 Å². The number of hydrogen-bond donors (Lipinski definition) is 1. The van der Waals surface area contributed by atoms with Crippen molar-refractivity contribution in [2.45, 2.75) is 46.1 Å². The third kappa shape index (κ3) is 2.81. The van der Waals surface area contributed by atoms with Crippen LogP contribution in [0.2, 0.25) is 5.02 Å². The van der Waals surface area contributed by atoms with E-state index in [0.29, 0.717) is 24.3 Å². The number of nitrogens with one attached hydrogen (secondary N) is 1. The molecule has 19 heavy (non-hydrogen) atoms. The van der Waals surface area contributed by atoms with E-state index < -0.39 is 0 Å². The van der Waals surface area contributed by atoms with E-state index in [-0.39, 0.29) is 17.7 Å². The number of nitrogens with zero attached hydrogens (tertiary/aromatic N) is 2. The van der Waals surface area contributed by atoms with Crippen LogP contribution in [0.4, 0.5) is 0 Å². The summed E-state index contributed by atoms with van der Waals surface area (Å²) < 4.78 is 1.85. The van der Waals surface area contributed by atoms with Crippen LogP contribution in [0.15, 0.2) is 0 Å². The molecule has 1 unspecified atom stereocenters. The van der Waals surface area contributed by atoms with Gasteiger partial charge in [0.2, 0.25) is 11.8 Å². The van der Waals surface area contributed by atoms with E-state index in [2.05, 4.69) is 10.4 Å². The zero-order valence-electron chi connectivity index (χ0n) is 11.2. The molecule has 104 valence electrons. The van der Waals surface area contributed by atoms with E-state index in [9.17, 15) is 9.59 Å². The van der Waals surface area contributed by atoms with Crippen LogP contribution in [0, 0.1) is 5.92 Å². The maximum absolute atomic E-state index is 11.8. The Morgan fingerprint density at radius 3 is 2.74 bits per heavy atom. The molecule has 1 aromatic heterocycles. The van der Waals surface area contributed by atoms with Crippen LogP contribution >= 0.6 is 11.6 Å². The van der Waals surface area contributed by atoms with Crippen molar-refractivity contribution in [3.05, 3.63) is 16.4 Å². The summed E-state index contributed by atoms with van der Waals surface area (Å²) >= 11 is 6.32. The van der Waals surface area contributed by atoms with Gasteiger partial charge in [-0.25, -0.2) is 0 Å². The van der Waals surface area contributed by atoms with Gasteiger partial charge >= 0.3 is 0 Å². The SMILES string of the molecule is CCc1nn(CC)c(CC2CCC(=O)NC2=O)c1Cl. The first kappa shape index (κ1) is 14.1. The van der Waals surface area contributed by atoms with Crippen LogP contribution in [0.25, 0.3) is 0 Å². The zero-order chi connectivity index (χ0) is 14.0. The summed E-state index contributed by atoms with van der Waals surface area (Å²) in [4.78, 5) is 22.9. The summed E-state index contributed by atoms with van der Waals surface area (Å²) in [6.45, 7) is 4.73. The maximum Gasteiger partial charge on any atom is 0.230 e. The van der Waals surface area contributed by atoms with Crippen molar-refractivity contribution in [2.24, 2.45) is 5.92 Å². The normalized spacial score (nSPS) is 19.6. The summed E-state index contributed by atoms with van der Waals surface area (Å²) in [5, 5.41) is 7.48. The molecule has 1 aliphatic rings. The van der Waals surface area contributed by atoms with Crippen LogP contribution in [-0.2, 0) is 29.0 Å². The van der Waals surface area contributed by atoms with Crippen molar-refractivity contribution >= 4 is 23.4 Å². The summed E-state index contributed by atoms with van der Waals surface area (Å²) in [7, 11) is 0. The van der Waals surface area contributed by atoms with Crippen molar-refractivity contribution in [1.29, 1.82) is 0 Å². The van der Waals surface area contributed by atoms with Crippen LogP contribution in [0.5, 0.6) is 0 Å². The summed E-state index contributed by atoms with van der Waals surface area (Å²) in [6.07, 6.45) is 2.29. The number of carbonyl (C=O) groups is 2. The van der Waals surface area contributed by atoms with Crippen molar-refractivity contribution in [3.63, 3.8) is 0 Å². The van der Waals surface area contributed by atoms with Gasteiger partial charge in [0, 0.05) is 25.3 Å².